The van der Waals surface area contributed by atoms with E-state index in [1.807, 2.05) is 25.1 Å². The molecule has 4 rings (SSSR count). The molecule has 0 atom stereocenters. The number of fused-ring (bicyclic) bond motifs is 1. The van der Waals surface area contributed by atoms with E-state index in [9.17, 15) is 0 Å². The standard InChI is InChI=1S/C18H19ClN6/c1-3-14-16(19)20-12(2)21-18(14)24-9-10-25-15(11-24)22-23-17(25)13-7-5-4-6-8-13/h4-8H,3,9-11H2,1-2H3. The molecule has 0 saturated heterocycles. The van der Waals surface area contributed by atoms with Gasteiger partial charge in [0.1, 0.15) is 16.8 Å². The predicted octanol–water partition coefficient (Wildman–Crippen LogP) is 3.28. The number of nitrogens with zero attached hydrogens (tertiary/aromatic N) is 6. The van der Waals surface area contributed by atoms with Gasteiger partial charge >= 0.3 is 0 Å². The Kier molecular flexibility index (Phi) is 4.13. The van der Waals surface area contributed by atoms with Gasteiger partial charge in [0, 0.05) is 24.2 Å². The predicted molar refractivity (Wildman–Crippen MR) is 97.7 cm³/mol. The Morgan fingerprint density at radius 3 is 2.64 bits per heavy atom. The van der Waals surface area contributed by atoms with Gasteiger partial charge in [0.05, 0.1) is 6.54 Å². The zero-order valence-corrected chi connectivity index (χ0v) is 15.0. The fraction of sp³-hybridized carbons (Fsp3) is 0.333. The van der Waals surface area contributed by atoms with E-state index in [4.69, 9.17) is 11.6 Å². The molecular formula is C18H19ClN6. The second-order valence-corrected chi connectivity index (χ2v) is 6.45. The van der Waals surface area contributed by atoms with Crippen molar-refractivity contribution in [2.24, 2.45) is 0 Å². The number of aromatic nitrogens is 5. The molecule has 0 N–H and O–H groups in total. The fourth-order valence-corrected chi connectivity index (χ4v) is 3.59. The summed E-state index contributed by atoms with van der Waals surface area (Å²) in [6.45, 7) is 6.26. The molecule has 128 valence electrons. The van der Waals surface area contributed by atoms with Crippen LogP contribution in [-0.2, 0) is 19.5 Å². The van der Waals surface area contributed by atoms with Crippen LogP contribution in [0.3, 0.4) is 0 Å². The van der Waals surface area contributed by atoms with Crippen molar-refractivity contribution in [1.82, 2.24) is 24.7 Å². The Morgan fingerprint density at radius 2 is 1.88 bits per heavy atom. The first-order valence-electron chi connectivity index (χ1n) is 8.43. The number of halogens is 1. The molecule has 0 bridgehead atoms. The number of anilines is 1. The summed E-state index contributed by atoms with van der Waals surface area (Å²) in [5, 5.41) is 9.35. The van der Waals surface area contributed by atoms with E-state index in [0.717, 1.165) is 48.1 Å². The Balaban J connectivity index is 1.68. The van der Waals surface area contributed by atoms with Crippen LogP contribution in [0.5, 0.6) is 0 Å². The lowest BCUT2D eigenvalue weighted by Gasteiger charge is -2.30. The summed E-state index contributed by atoms with van der Waals surface area (Å²) in [6, 6.07) is 10.2. The van der Waals surface area contributed by atoms with Crippen molar-refractivity contribution in [3.8, 4) is 11.4 Å². The van der Waals surface area contributed by atoms with Crippen molar-refractivity contribution >= 4 is 17.4 Å². The fourth-order valence-electron chi connectivity index (χ4n) is 3.25. The second-order valence-electron chi connectivity index (χ2n) is 6.10. The van der Waals surface area contributed by atoms with Crippen LogP contribution in [0.25, 0.3) is 11.4 Å². The SMILES string of the molecule is CCc1c(Cl)nc(C)nc1N1CCn2c(nnc2-c2ccccc2)C1. The molecule has 0 spiro atoms. The smallest absolute Gasteiger partial charge is 0.164 e. The highest BCUT2D eigenvalue weighted by molar-refractivity contribution is 6.30. The van der Waals surface area contributed by atoms with Gasteiger partial charge in [0.15, 0.2) is 11.6 Å². The lowest BCUT2D eigenvalue weighted by atomic mass is 10.2. The van der Waals surface area contributed by atoms with Gasteiger partial charge in [-0.2, -0.15) is 0 Å². The van der Waals surface area contributed by atoms with Crippen LogP contribution in [0.4, 0.5) is 5.82 Å². The van der Waals surface area contributed by atoms with E-state index in [-0.39, 0.29) is 0 Å². The molecule has 3 aromatic rings. The van der Waals surface area contributed by atoms with Crippen LogP contribution in [0, 0.1) is 6.92 Å². The molecule has 0 radical (unpaired) electrons. The van der Waals surface area contributed by atoms with Crippen molar-refractivity contribution in [2.45, 2.75) is 33.4 Å². The molecule has 1 aliphatic heterocycles. The second kappa shape index (κ2) is 6.44. The molecule has 1 aliphatic rings. The lowest BCUT2D eigenvalue weighted by Crippen LogP contribution is -2.35. The van der Waals surface area contributed by atoms with E-state index in [2.05, 4.69) is 48.7 Å². The van der Waals surface area contributed by atoms with Crippen molar-refractivity contribution in [3.63, 3.8) is 0 Å². The van der Waals surface area contributed by atoms with E-state index in [1.54, 1.807) is 0 Å². The molecule has 2 aromatic heterocycles. The third kappa shape index (κ3) is 2.87. The maximum absolute atomic E-state index is 6.33. The first-order valence-corrected chi connectivity index (χ1v) is 8.80. The minimum Gasteiger partial charge on any atom is -0.347 e. The molecule has 3 heterocycles. The van der Waals surface area contributed by atoms with Crippen molar-refractivity contribution < 1.29 is 0 Å². The van der Waals surface area contributed by atoms with Crippen molar-refractivity contribution in [3.05, 3.63) is 52.7 Å². The van der Waals surface area contributed by atoms with Crippen LogP contribution >= 0.6 is 11.6 Å². The summed E-state index contributed by atoms with van der Waals surface area (Å²) in [5.74, 6) is 3.46. The first kappa shape index (κ1) is 16.0. The largest absolute Gasteiger partial charge is 0.347 e. The zero-order valence-electron chi connectivity index (χ0n) is 14.3. The maximum Gasteiger partial charge on any atom is 0.164 e. The third-order valence-corrected chi connectivity index (χ3v) is 4.80. The normalized spacial score (nSPS) is 13.8. The molecule has 1 aromatic carbocycles. The number of aryl methyl sites for hydroxylation is 1. The Hall–Kier alpha value is -2.47. The van der Waals surface area contributed by atoms with Crippen LogP contribution in [0.1, 0.15) is 24.1 Å². The Morgan fingerprint density at radius 1 is 1.08 bits per heavy atom. The van der Waals surface area contributed by atoms with Gasteiger partial charge in [-0.05, 0) is 13.3 Å². The molecule has 7 heteroatoms. The monoisotopic (exact) mass is 354 g/mol. The molecule has 0 aliphatic carbocycles. The summed E-state index contributed by atoms with van der Waals surface area (Å²) in [4.78, 5) is 11.1. The first-order chi connectivity index (χ1) is 12.2. The van der Waals surface area contributed by atoms with Crippen molar-refractivity contribution in [1.29, 1.82) is 0 Å². The minimum absolute atomic E-state index is 0.544. The number of hydrogen-bond acceptors (Lipinski definition) is 5. The summed E-state index contributed by atoms with van der Waals surface area (Å²) in [7, 11) is 0. The average molecular weight is 355 g/mol. The molecule has 0 saturated carbocycles. The van der Waals surface area contributed by atoms with Crippen LogP contribution < -0.4 is 4.90 Å². The van der Waals surface area contributed by atoms with Gasteiger partial charge in [-0.15, -0.1) is 10.2 Å². The van der Waals surface area contributed by atoms with Gasteiger partial charge in [0.25, 0.3) is 0 Å². The summed E-state index contributed by atoms with van der Waals surface area (Å²) in [6.07, 6.45) is 0.799. The molecule has 0 fully saturated rings. The highest BCUT2D eigenvalue weighted by Gasteiger charge is 2.25. The third-order valence-electron chi connectivity index (χ3n) is 4.48. The van der Waals surface area contributed by atoms with Crippen LogP contribution in [-0.4, -0.2) is 31.3 Å². The van der Waals surface area contributed by atoms with Gasteiger partial charge in [-0.3, -0.25) is 0 Å². The molecule has 6 nitrogen and oxygen atoms in total. The number of benzene rings is 1. The van der Waals surface area contributed by atoms with Gasteiger partial charge in [-0.25, -0.2) is 9.97 Å². The molecule has 0 unspecified atom stereocenters. The van der Waals surface area contributed by atoms with E-state index < -0.39 is 0 Å². The van der Waals surface area contributed by atoms with Gasteiger partial charge < -0.3 is 9.47 Å². The van der Waals surface area contributed by atoms with E-state index in [1.165, 1.54) is 0 Å². The topological polar surface area (TPSA) is 59.7 Å². The van der Waals surface area contributed by atoms with Crippen LogP contribution in [0.15, 0.2) is 30.3 Å². The van der Waals surface area contributed by atoms with Gasteiger partial charge in [-0.1, -0.05) is 48.9 Å². The quantitative estimate of drug-likeness (QED) is 0.675. The summed E-state index contributed by atoms with van der Waals surface area (Å²) in [5.41, 5.74) is 2.08. The maximum atomic E-state index is 6.33. The molecule has 0 amide bonds. The molecular weight excluding hydrogens is 336 g/mol. The van der Waals surface area contributed by atoms with Crippen LogP contribution in [0.2, 0.25) is 5.15 Å². The molecule has 25 heavy (non-hydrogen) atoms. The lowest BCUT2D eigenvalue weighted by molar-refractivity contribution is 0.557. The van der Waals surface area contributed by atoms with Crippen molar-refractivity contribution in [2.75, 3.05) is 11.4 Å². The Bertz CT molecular complexity index is 905. The Labute approximate surface area is 151 Å². The highest BCUT2D eigenvalue weighted by atomic mass is 35.5. The van der Waals surface area contributed by atoms with Gasteiger partial charge in [0.2, 0.25) is 0 Å². The average Bonchev–Trinajstić information content (AvgIpc) is 3.05. The van der Waals surface area contributed by atoms with E-state index >= 15 is 0 Å². The highest BCUT2D eigenvalue weighted by Crippen LogP contribution is 2.29. The number of hydrogen-bond donors (Lipinski definition) is 0. The summed E-state index contributed by atoms with van der Waals surface area (Å²) < 4.78 is 2.19. The number of rotatable bonds is 3. The minimum atomic E-state index is 0.544. The summed E-state index contributed by atoms with van der Waals surface area (Å²) >= 11 is 6.33. The zero-order chi connectivity index (χ0) is 17.4. The van der Waals surface area contributed by atoms with E-state index in [0.29, 0.717) is 17.5 Å².